The summed E-state index contributed by atoms with van der Waals surface area (Å²) in [6.07, 6.45) is 0. The normalized spacial score (nSPS) is 11.8. The second kappa shape index (κ2) is 9.78. The number of ether oxygens (including phenoxy) is 1. The lowest BCUT2D eigenvalue weighted by Gasteiger charge is -2.08. The molecule has 0 heterocycles. The molecule has 0 aliphatic rings. The van der Waals surface area contributed by atoms with Crippen LogP contribution in [0.2, 0.25) is 0 Å². The van der Waals surface area contributed by atoms with Crippen molar-refractivity contribution in [2.24, 2.45) is 5.73 Å². The van der Waals surface area contributed by atoms with E-state index in [0.717, 1.165) is 5.56 Å². The van der Waals surface area contributed by atoms with Gasteiger partial charge in [-0.3, -0.25) is 9.35 Å². The van der Waals surface area contributed by atoms with Crippen LogP contribution in [0.5, 0.6) is 0 Å². The maximum atomic E-state index is 11.0. The van der Waals surface area contributed by atoms with Gasteiger partial charge in [-0.2, -0.15) is 8.42 Å². The zero-order valence-electron chi connectivity index (χ0n) is 12.8. The number of carbonyl (C=O) groups is 1. The van der Waals surface area contributed by atoms with Crippen LogP contribution >= 0.6 is 0 Å². The summed E-state index contributed by atoms with van der Waals surface area (Å²) in [7, 11) is -4.00. The highest BCUT2D eigenvalue weighted by atomic mass is 32.2. The molecule has 0 aliphatic heterocycles. The van der Waals surface area contributed by atoms with E-state index >= 15 is 0 Å². The highest BCUT2D eigenvalue weighted by Crippen LogP contribution is 2.05. The molecule has 0 aromatic heterocycles. The summed E-state index contributed by atoms with van der Waals surface area (Å²) in [5.41, 5.74) is 6.15. The van der Waals surface area contributed by atoms with E-state index in [9.17, 15) is 13.2 Å². The van der Waals surface area contributed by atoms with E-state index < -0.39 is 28.7 Å². The zero-order chi connectivity index (χ0) is 18.0. The monoisotopic (exact) mass is 353 g/mol. The molecular weight excluding hydrogens is 334 g/mol. The maximum Gasteiger partial charge on any atom is 0.325 e. The molecular formula is C16H19NO6S. The molecule has 130 valence electrons. The molecule has 7 nitrogen and oxygen atoms in total. The van der Waals surface area contributed by atoms with Crippen LogP contribution in [0, 0.1) is 0 Å². The molecule has 0 fully saturated rings. The Morgan fingerprint density at radius 2 is 1.54 bits per heavy atom. The molecule has 2 rings (SSSR count). The maximum absolute atomic E-state index is 11.0. The summed E-state index contributed by atoms with van der Waals surface area (Å²) in [6, 6.07) is 15.8. The smallest absolute Gasteiger partial charge is 0.325 e. The third-order valence-electron chi connectivity index (χ3n) is 2.76. The summed E-state index contributed by atoms with van der Waals surface area (Å²) >= 11 is 0. The summed E-state index contributed by atoms with van der Waals surface area (Å²) in [5, 5.41) is 8.58. The predicted octanol–water partition coefficient (Wildman–Crippen LogP) is 0.983. The van der Waals surface area contributed by atoms with E-state index in [0.29, 0.717) is 0 Å². The Labute approximate surface area is 140 Å². The van der Waals surface area contributed by atoms with Gasteiger partial charge in [-0.1, -0.05) is 48.5 Å². The van der Waals surface area contributed by atoms with Crippen molar-refractivity contribution >= 4 is 16.1 Å². The topological polar surface area (TPSA) is 127 Å². The zero-order valence-corrected chi connectivity index (χ0v) is 13.6. The third kappa shape index (κ3) is 7.34. The van der Waals surface area contributed by atoms with E-state index in [2.05, 4.69) is 0 Å². The number of aliphatic hydroxyl groups excluding tert-OH is 1. The van der Waals surface area contributed by atoms with Gasteiger partial charge in [0, 0.05) is 0 Å². The Hall–Kier alpha value is -2.26. The first kappa shape index (κ1) is 19.8. The molecule has 4 N–H and O–H groups in total. The van der Waals surface area contributed by atoms with Gasteiger partial charge in [-0.05, 0) is 17.7 Å². The second-order valence-corrected chi connectivity index (χ2v) is 6.09. The number of aliphatic hydroxyl groups is 1. The fraction of sp³-hybridized carbons (Fsp3) is 0.188. The summed E-state index contributed by atoms with van der Waals surface area (Å²) in [4.78, 5) is 11.0. The van der Waals surface area contributed by atoms with Crippen LogP contribution in [0.25, 0.3) is 0 Å². The molecule has 2 aromatic carbocycles. The Kier molecular flexibility index (Phi) is 8.07. The van der Waals surface area contributed by atoms with Crippen LogP contribution in [0.1, 0.15) is 5.56 Å². The highest BCUT2D eigenvalue weighted by molar-refractivity contribution is 7.85. The average Bonchev–Trinajstić information content (AvgIpc) is 2.60. The Morgan fingerprint density at radius 1 is 1.04 bits per heavy atom. The van der Waals surface area contributed by atoms with E-state index in [-0.39, 0.29) is 11.5 Å². The largest absolute Gasteiger partial charge is 0.460 e. The number of hydrogen-bond acceptors (Lipinski definition) is 6. The van der Waals surface area contributed by atoms with Crippen molar-refractivity contribution in [1.29, 1.82) is 0 Å². The molecule has 8 heteroatoms. The molecule has 0 amide bonds. The van der Waals surface area contributed by atoms with Crippen molar-refractivity contribution < 1.29 is 27.6 Å². The van der Waals surface area contributed by atoms with E-state index in [4.69, 9.17) is 20.1 Å². The Bertz CT molecular complexity index is 719. The minimum absolute atomic E-state index is 0.0741. The van der Waals surface area contributed by atoms with Crippen molar-refractivity contribution in [1.82, 2.24) is 0 Å². The van der Waals surface area contributed by atoms with Gasteiger partial charge in [0.05, 0.1) is 11.5 Å². The lowest BCUT2D eigenvalue weighted by Crippen LogP contribution is -2.35. The van der Waals surface area contributed by atoms with Crippen molar-refractivity contribution in [3.8, 4) is 0 Å². The van der Waals surface area contributed by atoms with Gasteiger partial charge >= 0.3 is 5.97 Å². The Morgan fingerprint density at radius 3 is 1.96 bits per heavy atom. The molecule has 0 radical (unpaired) electrons. The van der Waals surface area contributed by atoms with Crippen LogP contribution in [0.15, 0.2) is 65.6 Å². The summed E-state index contributed by atoms with van der Waals surface area (Å²) < 4.78 is 34.1. The number of hydrogen-bond donors (Lipinski definition) is 3. The van der Waals surface area contributed by atoms with Gasteiger partial charge in [0.2, 0.25) is 0 Å². The molecule has 0 aliphatic carbocycles. The van der Waals surface area contributed by atoms with E-state index in [1.54, 1.807) is 18.2 Å². The van der Waals surface area contributed by atoms with Gasteiger partial charge in [0.25, 0.3) is 10.1 Å². The minimum Gasteiger partial charge on any atom is -0.460 e. The van der Waals surface area contributed by atoms with Crippen molar-refractivity contribution in [3.63, 3.8) is 0 Å². The fourth-order valence-electron chi connectivity index (χ4n) is 1.50. The number of esters is 1. The van der Waals surface area contributed by atoms with Crippen LogP contribution in [0.3, 0.4) is 0 Å². The first-order valence-corrected chi connectivity index (χ1v) is 8.38. The van der Waals surface area contributed by atoms with Crippen LogP contribution in [-0.4, -0.2) is 36.7 Å². The second-order valence-electron chi connectivity index (χ2n) is 4.67. The van der Waals surface area contributed by atoms with Crippen LogP contribution in [0.4, 0.5) is 0 Å². The predicted molar refractivity (Wildman–Crippen MR) is 87.6 cm³/mol. The number of nitrogens with two attached hydrogens (primary N) is 1. The van der Waals surface area contributed by atoms with E-state index in [1.165, 1.54) is 12.1 Å². The Balaban J connectivity index is 0.000000254. The quantitative estimate of drug-likeness (QED) is 0.540. The highest BCUT2D eigenvalue weighted by Gasteiger charge is 2.13. The lowest BCUT2D eigenvalue weighted by atomic mass is 10.2. The van der Waals surface area contributed by atoms with Crippen molar-refractivity contribution in [2.75, 3.05) is 6.61 Å². The van der Waals surface area contributed by atoms with Crippen molar-refractivity contribution in [2.45, 2.75) is 17.5 Å². The van der Waals surface area contributed by atoms with Gasteiger partial charge < -0.3 is 15.6 Å². The number of benzene rings is 2. The molecule has 1 unspecified atom stereocenters. The van der Waals surface area contributed by atoms with Crippen molar-refractivity contribution in [3.05, 3.63) is 66.2 Å². The lowest BCUT2D eigenvalue weighted by molar-refractivity contribution is -0.147. The van der Waals surface area contributed by atoms with Gasteiger partial charge in [0.1, 0.15) is 12.6 Å². The standard InChI is InChI=1S/C10H13NO3.C6H6O3S/c11-9(6-12)10(13)14-7-8-4-2-1-3-5-8;7-10(8,9)6-4-2-1-3-5-6/h1-5,9,12H,6-7,11H2;1-5H,(H,7,8,9). The van der Waals surface area contributed by atoms with Gasteiger partial charge in [0.15, 0.2) is 0 Å². The number of carbonyl (C=O) groups excluding carboxylic acids is 1. The average molecular weight is 353 g/mol. The third-order valence-corrected chi connectivity index (χ3v) is 3.63. The molecule has 0 bridgehead atoms. The molecule has 0 saturated carbocycles. The first-order chi connectivity index (χ1) is 11.3. The SMILES string of the molecule is NC(CO)C(=O)OCc1ccccc1.O=S(=O)(O)c1ccccc1. The number of rotatable bonds is 5. The van der Waals surface area contributed by atoms with Gasteiger partial charge in [-0.25, -0.2) is 0 Å². The summed E-state index contributed by atoms with van der Waals surface area (Å²) in [6.45, 7) is -0.207. The molecule has 0 spiro atoms. The summed E-state index contributed by atoms with van der Waals surface area (Å²) in [5.74, 6) is -0.587. The fourth-order valence-corrected chi connectivity index (χ4v) is 2.00. The van der Waals surface area contributed by atoms with Crippen LogP contribution < -0.4 is 5.73 Å². The molecule has 2 aromatic rings. The minimum atomic E-state index is -4.00. The van der Waals surface area contributed by atoms with Gasteiger partial charge in [-0.15, -0.1) is 0 Å². The molecule has 0 saturated heterocycles. The van der Waals surface area contributed by atoms with E-state index in [1.807, 2.05) is 30.3 Å². The van der Waals surface area contributed by atoms with Crippen LogP contribution in [-0.2, 0) is 26.3 Å². The first-order valence-electron chi connectivity index (χ1n) is 6.94. The molecule has 24 heavy (non-hydrogen) atoms. The molecule has 1 atom stereocenters.